The van der Waals surface area contributed by atoms with Crippen molar-refractivity contribution in [1.29, 1.82) is 0 Å². The van der Waals surface area contributed by atoms with Crippen LogP contribution < -0.4 is 4.43 Å². The van der Waals surface area contributed by atoms with Crippen molar-refractivity contribution in [2.24, 2.45) is 28.7 Å². The van der Waals surface area contributed by atoms with Crippen LogP contribution in [0.5, 0.6) is 5.75 Å². The van der Waals surface area contributed by atoms with E-state index >= 15 is 0 Å². The molecule has 0 amide bonds. The van der Waals surface area contributed by atoms with E-state index in [1.165, 1.54) is 37.8 Å². The maximum atomic E-state index is 6.56. The van der Waals surface area contributed by atoms with Crippen molar-refractivity contribution in [3.8, 4) is 5.75 Å². The van der Waals surface area contributed by atoms with Gasteiger partial charge in [-0.3, -0.25) is 0 Å². The molecule has 4 heteroatoms. The molecule has 0 N–H and O–H groups in total. The molecule has 31 heavy (non-hydrogen) atoms. The molecule has 0 saturated heterocycles. The lowest BCUT2D eigenvalue weighted by molar-refractivity contribution is 0.0629. The lowest BCUT2D eigenvalue weighted by Crippen LogP contribution is -2.43. The molecule has 5 aliphatic rings. The zero-order valence-electron chi connectivity index (χ0n) is 20.4. The van der Waals surface area contributed by atoms with Crippen LogP contribution in [0.15, 0.2) is 40.5 Å². The average Bonchev–Trinajstić information content (AvgIpc) is 2.95. The molecular formula is C27H39NO2Si. The topological polar surface area (TPSA) is 30.8 Å². The van der Waals surface area contributed by atoms with E-state index in [9.17, 15) is 0 Å². The van der Waals surface area contributed by atoms with Crippen molar-refractivity contribution in [2.45, 2.75) is 90.5 Å². The Morgan fingerprint density at radius 2 is 1.61 bits per heavy atom. The van der Waals surface area contributed by atoms with Crippen LogP contribution in [0.3, 0.4) is 0 Å². The number of nitrogens with zero attached hydrogens (tertiary/aromatic N) is 1. The molecule has 4 fully saturated rings. The van der Waals surface area contributed by atoms with Gasteiger partial charge in [-0.05, 0) is 112 Å². The number of aliphatic imine (C=N–C) groups is 1. The van der Waals surface area contributed by atoms with Gasteiger partial charge in [0, 0.05) is 5.56 Å². The Morgan fingerprint density at radius 3 is 2.19 bits per heavy atom. The quantitative estimate of drug-likeness (QED) is 0.463. The fourth-order valence-electron chi connectivity index (χ4n) is 6.30. The van der Waals surface area contributed by atoms with E-state index in [1.807, 2.05) is 0 Å². The third-order valence-electron chi connectivity index (χ3n) is 8.69. The predicted molar refractivity (Wildman–Crippen MR) is 130 cm³/mol. The minimum absolute atomic E-state index is 0.170. The molecule has 6 rings (SSSR count). The summed E-state index contributed by atoms with van der Waals surface area (Å²) in [6.07, 6.45) is 6.99. The van der Waals surface area contributed by atoms with Gasteiger partial charge in [0.1, 0.15) is 11.4 Å². The Labute approximate surface area is 189 Å². The van der Waals surface area contributed by atoms with Gasteiger partial charge >= 0.3 is 0 Å². The third-order valence-corrected chi connectivity index (χ3v) is 13.0. The predicted octanol–water partition coefficient (Wildman–Crippen LogP) is 7.34. The summed E-state index contributed by atoms with van der Waals surface area (Å²) >= 11 is 0. The number of hydrogen-bond acceptors (Lipinski definition) is 3. The summed E-state index contributed by atoms with van der Waals surface area (Å²) in [5.74, 6) is 5.11. The van der Waals surface area contributed by atoms with Gasteiger partial charge in [0.05, 0.1) is 5.70 Å². The summed E-state index contributed by atoms with van der Waals surface area (Å²) in [5, 5.41) is 0.170. The summed E-state index contributed by atoms with van der Waals surface area (Å²) in [6, 6.07) is 8.38. The van der Waals surface area contributed by atoms with Crippen LogP contribution in [0, 0.1) is 23.7 Å². The van der Waals surface area contributed by atoms with Crippen LogP contribution in [0.2, 0.25) is 18.1 Å². The first-order chi connectivity index (χ1) is 14.4. The molecule has 0 radical (unpaired) electrons. The van der Waals surface area contributed by atoms with Gasteiger partial charge in [-0.2, -0.15) is 0 Å². The van der Waals surface area contributed by atoms with E-state index in [2.05, 4.69) is 72.0 Å². The summed E-state index contributed by atoms with van der Waals surface area (Å²) in [5.41, 5.74) is 3.55. The van der Waals surface area contributed by atoms with Gasteiger partial charge in [-0.15, -0.1) is 0 Å². The highest BCUT2D eigenvalue weighted by atomic mass is 28.4. The highest BCUT2D eigenvalue weighted by Gasteiger charge is 2.49. The standard InChI is InChI=1S/C27H39NO2Si/c1-26(2,3)31(6,7)30-22-10-8-9-19(16-22)25-28-24(27(4,5)29-25)23-20-12-17-11-18(14-20)15-21(23)13-17/h8-10,16-18,20-21H,11-15H2,1-7H3. The Morgan fingerprint density at radius 1 is 1.00 bits per heavy atom. The molecule has 3 nitrogen and oxygen atoms in total. The van der Waals surface area contributed by atoms with E-state index < -0.39 is 8.32 Å². The van der Waals surface area contributed by atoms with Crippen LogP contribution in [0.25, 0.3) is 0 Å². The molecule has 1 aromatic rings. The Balaban J connectivity index is 1.47. The maximum absolute atomic E-state index is 6.56. The van der Waals surface area contributed by atoms with E-state index in [0.717, 1.165) is 40.9 Å². The highest BCUT2D eigenvalue weighted by Crippen LogP contribution is 2.58. The maximum Gasteiger partial charge on any atom is 0.250 e. The highest BCUT2D eigenvalue weighted by molar-refractivity contribution is 6.74. The SMILES string of the molecule is CC1(C)OC(c2cccc(O[Si](C)(C)C(C)(C)C)c2)=NC1=C1C2CC3CC(C2)CC1C3. The molecule has 0 aromatic heterocycles. The molecule has 4 aliphatic carbocycles. The van der Waals surface area contributed by atoms with Crippen LogP contribution >= 0.6 is 0 Å². The van der Waals surface area contributed by atoms with E-state index in [1.54, 1.807) is 5.57 Å². The molecule has 1 aliphatic heterocycles. The van der Waals surface area contributed by atoms with Gasteiger partial charge in [0.2, 0.25) is 14.2 Å². The van der Waals surface area contributed by atoms with Crippen molar-refractivity contribution in [3.63, 3.8) is 0 Å². The normalized spacial score (nSPS) is 31.6. The summed E-state index contributed by atoms with van der Waals surface area (Å²) in [4.78, 5) is 5.17. The monoisotopic (exact) mass is 437 g/mol. The second-order valence-electron chi connectivity index (χ2n) is 12.5. The van der Waals surface area contributed by atoms with Crippen LogP contribution in [0.1, 0.15) is 72.3 Å². The van der Waals surface area contributed by atoms with Crippen molar-refractivity contribution in [2.75, 3.05) is 0 Å². The number of allylic oxidation sites excluding steroid dienone is 1. The first-order valence-electron chi connectivity index (χ1n) is 12.2. The number of rotatable bonds is 3. The van der Waals surface area contributed by atoms with E-state index in [0.29, 0.717) is 0 Å². The number of hydrogen-bond donors (Lipinski definition) is 0. The summed E-state index contributed by atoms with van der Waals surface area (Å²) in [6.45, 7) is 15.8. The molecule has 0 atom stereocenters. The van der Waals surface area contributed by atoms with Crippen LogP contribution in [0.4, 0.5) is 0 Å². The number of ether oxygens (including phenoxy) is 1. The van der Waals surface area contributed by atoms with Gasteiger partial charge < -0.3 is 9.16 Å². The zero-order chi connectivity index (χ0) is 22.2. The molecule has 168 valence electrons. The average molecular weight is 438 g/mol. The Bertz CT molecular complexity index is 920. The molecule has 0 spiro atoms. The first kappa shape index (κ1) is 21.3. The largest absolute Gasteiger partial charge is 0.543 e. The molecule has 4 bridgehead atoms. The Kier molecular flexibility index (Phi) is 4.79. The molecule has 1 heterocycles. The third kappa shape index (κ3) is 3.69. The smallest absolute Gasteiger partial charge is 0.250 e. The lowest BCUT2D eigenvalue weighted by Gasteiger charge is -2.52. The molecule has 4 saturated carbocycles. The first-order valence-corrected chi connectivity index (χ1v) is 15.2. The molecule has 0 unspecified atom stereocenters. The molecule has 1 aromatic carbocycles. The lowest BCUT2D eigenvalue weighted by atomic mass is 9.53. The fraction of sp³-hybridized carbons (Fsp3) is 0.667. The van der Waals surface area contributed by atoms with Crippen molar-refractivity contribution in [3.05, 3.63) is 41.1 Å². The summed E-state index contributed by atoms with van der Waals surface area (Å²) in [7, 11) is -1.88. The van der Waals surface area contributed by atoms with Gasteiger partial charge in [-0.25, -0.2) is 4.99 Å². The van der Waals surface area contributed by atoms with Gasteiger partial charge in [0.25, 0.3) is 0 Å². The Hall–Kier alpha value is -1.55. The van der Waals surface area contributed by atoms with Crippen molar-refractivity contribution >= 4 is 14.2 Å². The second kappa shape index (κ2) is 6.97. The van der Waals surface area contributed by atoms with Crippen LogP contribution in [-0.4, -0.2) is 19.8 Å². The number of benzene rings is 1. The van der Waals surface area contributed by atoms with Crippen molar-refractivity contribution in [1.82, 2.24) is 0 Å². The minimum Gasteiger partial charge on any atom is -0.543 e. The zero-order valence-corrected chi connectivity index (χ0v) is 21.4. The van der Waals surface area contributed by atoms with Crippen molar-refractivity contribution < 1.29 is 9.16 Å². The molecular weight excluding hydrogens is 398 g/mol. The minimum atomic E-state index is -1.88. The van der Waals surface area contributed by atoms with Gasteiger partial charge in [-0.1, -0.05) is 26.8 Å². The van der Waals surface area contributed by atoms with Gasteiger partial charge in [0.15, 0.2) is 0 Å². The van der Waals surface area contributed by atoms with E-state index in [-0.39, 0.29) is 10.6 Å². The van der Waals surface area contributed by atoms with Crippen LogP contribution in [-0.2, 0) is 4.74 Å². The van der Waals surface area contributed by atoms with E-state index in [4.69, 9.17) is 14.2 Å². The second-order valence-corrected chi connectivity index (χ2v) is 17.3. The fourth-order valence-corrected chi connectivity index (χ4v) is 7.33. The summed E-state index contributed by atoms with van der Waals surface area (Å²) < 4.78 is 13.1.